The quantitative estimate of drug-likeness (QED) is 0.103. The molecule has 1 atom stereocenters. The zero-order valence-electron chi connectivity index (χ0n) is 23.5. The lowest BCUT2D eigenvalue weighted by atomic mass is 10.1. The van der Waals surface area contributed by atoms with Gasteiger partial charge in [-0.1, -0.05) is 48.5 Å². The number of carboxylic acid groups (broad SMARTS) is 1. The van der Waals surface area contributed by atoms with E-state index >= 15 is 0 Å². The van der Waals surface area contributed by atoms with E-state index in [1.807, 2.05) is 55.5 Å². The zero-order valence-corrected chi connectivity index (χ0v) is 23.5. The number of nitrogens with zero attached hydrogens (tertiary/aromatic N) is 2. The Morgan fingerprint density at radius 3 is 2.38 bits per heavy atom. The lowest BCUT2D eigenvalue weighted by Crippen LogP contribution is -2.32. The molecule has 1 aromatic heterocycles. The van der Waals surface area contributed by atoms with Gasteiger partial charge in [0.15, 0.2) is 5.82 Å². The molecule has 0 saturated carbocycles. The normalized spacial score (nSPS) is 11.4. The van der Waals surface area contributed by atoms with Gasteiger partial charge >= 0.3 is 11.9 Å². The lowest BCUT2D eigenvalue weighted by Gasteiger charge is -2.14. The maximum atomic E-state index is 12.5. The Morgan fingerprint density at radius 1 is 1.00 bits per heavy atom. The van der Waals surface area contributed by atoms with Gasteiger partial charge in [0.25, 0.3) is 0 Å². The highest BCUT2D eigenvalue weighted by atomic mass is 16.5. The summed E-state index contributed by atoms with van der Waals surface area (Å²) < 4.78 is 11.1. The molecule has 0 aliphatic rings. The number of allylic oxidation sites excluding steroid dienone is 1. The van der Waals surface area contributed by atoms with Crippen LogP contribution < -0.4 is 15.8 Å². The van der Waals surface area contributed by atoms with Gasteiger partial charge in [0.05, 0.1) is 18.8 Å². The van der Waals surface area contributed by atoms with E-state index in [1.54, 1.807) is 36.4 Å². The first kappa shape index (κ1) is 30.0. The van der Waals surface area contributed by atoms with Crippen molar-refractivity contribution in [1.82, 2.24) is 9.97 Å². The van der Waals surface area contributed by atoms with E-state index in [0.717, 1.165) is 28.1 Å². The zero-order chi connectivity index (χ0) is 29.9. The number of hydrogen-bond donors (Lipinski definition) is 3. The van der Waals surface area contributed by atoms with Crippen LogP contribution in [0.5, 0.6) is 5.75 Å². The molecule has 216 valence electrons. The molecular formula is C33H34N4O5. The molecule has 0 fully saturated rings. The summed E-state index contributed by atoms with van der Waals surface area (Å²) in [7, 11) is 0. The lowest BCUT2D eigenvalue weighted by molar-refractivity contribution is -0.138. The van der Waals surface area contributed by atoms with E-state index in [1.165, 1.54) is 0 Å². The second-order valence-corrected chi connectivity index (χ2v) is 9.65. The highest BCUT2D eigenvalue weighted by molar-refractivity contribution is 5.90. The highest BCUT2D eigenvalue weighted by Gasteiger charge is 2.14. The molecule has 3 aromatic carbocycles. The van der Waals surface area contributed by atoms with Crippen molar-refractivity contribution in [3.8, 4) is 17.1 Å². The third-order valence-corrected chi connectivity index (χ3v) is 6.46. The summed E-state index contributed by atoms with van der Waals surface area (Å²) in [5.74, 6) is 0.505. The number of rotatable bonds is 14. The molecule has 9 nitrogen and oxygen atoms in total. The average molecular weight is 567 g/mol. The second kappa shape index (κ2) is 14.6. The molecular weight excluding hydrogens is 532 g/mol. The van der Waals surface area contributed by atoms with E-state index in [2.05, 4.69) is 16.9 Å². The maximum absolute atomic E-state index is 12.5. The molecule has 1 heterocycles. The molecule has 0 spiro atoms. The van der Waals surface area contributed by atoms with Gasteiger partial charge < -0.3 is 25.6 Å². The van der Waals surface area contributed by atoms with Crippen LogP contribution in [0.1, 0.15) is 33.6 Å². The van der Waals surface area contributed by atoms with Crippen molar-refractivity contribution in [3.63, 3.8) is 0 Å². The summed E-state index contributed by atoms with van der Waals surface area (Å²) in [6.07, 6.45) is 3.19. The monoisotopic (exact) mass is 566 g/mol. The topological polar surface area (TPSA) is 137 Å². The number of carbonyl (C=O) groups is 2. The van der Waals surface area contributed by atoms with Gasteiger partial charge in [-0.2, -0.15) is 0 Å². The number of aryl methyl sites for hydroxylation is 1. The number of nitrogens with one attached hydrogen (secondary N) is 1. The number of ether oxygens (including phenoxy) is 2. The summed E-state index contributed by atoms with van der Waals surface area (Å²) in [5, 5.41) is 12.3. The Kier molecular flexibility index (Phi) is 10.4. The van der Waals surface area contributed by atoms with E-state index in [9.17, 15) is 9.59 Å². The first-order valence-corrected chi connectivity index (χ1v) is 13.6. The molecule has 0 aliphatic heterocycles. The number of carboxylic acids is 1. The summed E-state index contributed by atoms with van der Waals surface area (Å²) in [4.78, 5) is 32.9. The SMILES string of the molecule is C=CCc1c(C)nc(-c2ccccc2)nc1Nc1ccc(C(=O)OCCCOc2ccc(CC(N)C(=O)O)cc2)cc1. The van der Waals surface area contributed by atoms with Gasteiger partial charge in [-0.05, 0) is 61.7 Å². The molecule has 1 unspecified atom stereocenters. The second-order valence-electron chi connectivity index (χ2n) is 9.65. The van der Waals surface area contributed by atoms with Gasteiger partial charge in [-0.15, -0.1) is 6.58 Å². The molecule has 0 saturated heterocycles. The maximum Gasteiger partial charge on any atom is 0.338 e. The summed E-state index contributed by atoms with van der Waals surface area (Å²) >= 11 is 0. The van der Waals surface area contributed by atoms with Crippen LogP contribution in [-0.2, 0) is 22.4 Å². The number of benzene rings is 3. The highest BCUT2D eigenvalue weighted by Crippen LogP contribution is 2.26. The molecule has 0 amide bonds. The molecule has 4 aromatic rings. The van der Waals surface area contributed by atoms with E-state index in [-0.39, 0.29) is 13.0 Å². The van der Waals surface area contributed by atoms with Crippen molar-refractivity contribution in [2.24, 2.45) is 5.73 Å². The number of aliphatic carboxylic acids is 1. The van der Waals surface area contributed by atoms with Crippen LogP contribution in [0.15, 0.2) is 91.5 Å². The van der Waals surface area contributed by atoms with Gasteiger partial charge in [0.2, 0.25) is 0 Å². The fourth-order valence-corrected chi connectivity index (χ4v) is 4.19. The molecule has 0 aliphatic carbocycles. The van der Waals surface area contributed by atoms with Gasteiger partial charge in [-0.25, -0.2) is 14.8 Å². The number of aromatic nitrogens is 2. The van der Waals surface area contributed by atoms with E-state index < -0.39 is 18.0 Å². The van der Waals surface area contributed by atoms with Crippen molar-refractivity contribution < 1.29 is 24.2 Å². The van der Waals surface area contributed by atoms with Crippen molar-refractivity contribution >= 4 is 23.4 Å². The molecule has 0 radical (unpaired) electrons. The predicted octanol–water partition coefficient (Wildman–Crippen LogP) is 5.50. The number of hydrogen-bond acceptors (Lipinski definition) is 8. The molecule has 4 N–H and O–H groups in total. The van der Waals surface area contributed by atoms with E-state index in [4.69, 9.17) is 25.3 Å². The number of carbonyl (C=O) groups excluding carboxylic acids is 1. The Morgan fingerprint density at radius 2 is 1.71 bits per heavy atom. The minimum absolute atomic E-state index is 0.206. The first-order chi connectivity index (χ1) is 20.3. The Balaban J connectivity index is 1.28. The van der Waals surface area contributed by atoms with Crippen LogP contribution in [0.2, 0.25) is 0 Å². The van der Waals surface area contributed by atoms with Crippen LogP contribution in [-0.4, -0.2) is 46.3 Å². The Labute approximate surface area is 245 Å². The number of anilines is 2. The number of esters is 1. The molecule has 0 bridgehead atoms. The van der Waals surface area contributed by atoms with Crippen molar-refractivity contribution in [2.75, 3.05) is 18.5 Å². The van der Waals surface area contributed by atoms with Crippen LogP contribution in [0.3, 0.4) is 0 Å². The standard InChI is InChI=1S/C33H34N4O5/c1-3-8-28-22(2)35-30(24-9-5-4-6-10-24)37-31(28)36-26-15-13-25(14-16-26)33(40)42-20-7-19-41-27-17-11-23(12-18-27)21-29(34)32(38)39/h3-6,9-18,29H,1,7-8,19-21,34H2,2H3,(H,38,39)(H,35,36,37). The van der Waals surface area contributed by atoms with Crippen LogP contribution in [0, 0.1) is 6.92 Å². The predicted molar refractivity (Wildman–Crippen MR) is 162 cm³/mol. The molecule has 4 rings (SSSR count). The van der Waals surface area contributed by atoms with Crippen molar-refractivity contribution in [1.29, 1.82) is 0 Å². The van der Waals surface area contributed by atoms with Crippen LogP contribution >= 0.6 is 0 Å². The third-order valence-electron chi connectivity index (χ3n) is 6.46. The van der Waals surface area contributed by atoms with Gasteiger partial charge in [0, 0.05) is 28.9 Å². The Hall–Kier alpha value is -5.02. The van der Waals surface area contributed by atoms with Crippen molar-refractivity contribution in [2.45, 2.75) is 32.2 Å². The van der Waals surface area contributed by atoms with Crippen molar-refractivity contribution in [3.05, 3.63) is 114 Å². The minimum Gasteiger partial charge on any atom is -0.493 e. The Bertz CT molecular complexity index is 1510. The number of nitrogens with two attached hydrogens (primary N) is 1. The third kappa shape index (κ3) is 8.25. The fraction of sp³-hybridized carbons (Fsp3) is 0.212. The van der Waals surface area contributed by atoms with E-state index in [0.29, 0.717) is 42.4 Å². The molecule has 42 heavy (non-hydrogen) atoms. The summed E-state index contributed by atoms with van der Waals surface area (Å²) in [5.41, 5.74) is 10.3. The largest absolute Gasteiger partial charge is 0.493 e. The van der Waals surface area contributed by atoms with Gasteiger partial charge in [-0.3, -0.25) is 4.79 Å². The minimum atomic E-state index is -1.04. The van der Waals surface area contributed by atoms with Gasteiger partial charge in [0.1, 0.15) is 17.6 Å². The summed E-state index contributed by atoms with van der Waals surface area (Å²) in [6, 6.07) is 23.0. The fourth-order valence-electron chi connectivity index (χ4n) is 4.19. The van der Waals surface area contributed by atoms with Crippen LogP contribution in [0.4, 0.5) is 11.5 Å². The van der Waals surface area contributed by atoms with Crippen LogP contribution in [0.25, 0.3) is 11.4 Å². The average Bonchev–Trinajstić information content (AvgIpc) is 3.00. The first-order valence-electron chi connectivity index (χ1n) is 13.6. The smallest absolute Gasteiger partial charge is 0.338 e. The summed E-state index contributed by atoms with van der Waals surface area (Å²) in [6.45, 7) is 6.39. The molecule has 9 heteroatoms.